The summed E-state index contributed by atoms with van der Waals surface area (Å²) >= 11 is 0. The van der Waals surface area contributed by atoms with E-state index in [0.29, 0.717) is 11.1 Å². The second-order valence-electron chi connectivity index (χ2n) is 10.7. The van der Waals surface area contributed by atoms with Gasteiger partial charge in [0.1, 0.15) is 5.69 Å². The summed E-state index contributed by atoms with van der Waals surface area (Å²) in [6, 6.07) is 22.8. The van der Waals surface area contributed by atoms with Crippen LogP contribution in [-0.4, -0.2) is 33.8 Å². The Hall–Kier alpha value is -5.51. The number of rotatable bonds is 5. The van der Waals surface area contributed by atoms with Gasteiger partial charge in [-0.3, -0.25) is 29.5 Å². The Morgan fingerprint density at radius 3 is 2.26 bits per heavy atom. The second-order valence-corrected chi connectivity index (χ2v) is 10.7. The average molecular weight is 558 g/mol. The number of nitro benzene ring substituents is 1. The lowest BCUT2D eigenvalue weighted by molar-refractivity contribution is -0.384. The highest BCUT2D eigenvalue weighted by Crippen LogP contribution is 2.63. The zero-order chi connectivity index (χ0) is 29.2. The van der Waals surface area contributed by atoms with Crippen LogP contribution in [0.2, 0.25) is 0 Å². The summed E-state index contributed by atoms with van der Waals surface area (Å²) in [6.45, 7) is 1.71. The number of carbonyl (C=O) groups is 3. The molecule has 42 heavy (non-hydrogen) atoms. The summed E-state index contributed by atoms with van der Waals surface area (Å²) < 4.78 is 0. The summed E-state index contributed by atoms with van der Waals surface area (Å²) in [4.78, 5) is 58.0. The monoisotopic (exact) mass is 557 g/mol. The van der Waals surface area contributed by atoms with Gasteiger partial charge in [0.15, 0.2) is 0 Å². The van der Waals surface area contributed by atoms with E-state index in [4.69, 9.17) is 0 Å². The molecule has 2 heterocycles. The van der Waals surface area contributed by atoms with Gasteiger partial charge >= 0.3 is 0 Å². The minimum Gasteiger partial charge on any atom is -0.274 e. The highest BCUT2D eigenvalue weighted by atomic mass is 16.6. The Bertz CT molecular complexity index is 1810. The maximum atomic E-state index is 14.5. The summed E-state index contributed by atoms with van der Waals surface area (Å²) in [5, 5.41) is 16.4. The molecule has 0 spiro atoms. The summed E-state index contributed by atoms with van der Waals surface area (Å²) in [5.74, 6) is -3.70. The van der Waals surface area contributed by atoms with Crippen molar-refractivity contribution in [2.75, 3.05) is 4.90 Å². The molecular weight excluding hydrogens is 534 g/mol. The average Bonchev–Trinajstić information content (AvgIpc) is 3.28. The molecule has 1 saturated heterocycles. The normalized spacial score (nSPS) is 23.5. The lowest BCUT2D eigenvalue weighted by Gasteiger charge is -2.52. The van der Waals surface area contributed by atoms with Crippen molar-refractivity contribution in [3.05, 3.63) is 135 Å². The number of nitrogens with zero attached hydrogens (tertiary/aromatic N) is 4. The number of hydrogen-bond donors (Lipinski definition) is 1. The topological polar surface area (TPSA) is 135 Å². The second kappa shape index (κ2) is 9.27. The molecule has 0 saturated carbocycles. The van der Waals surface area contributed by atoms with Gasteiger partial charge in [0.25, 0.3) is 11.6 Å². The van der Waals surface area contributed by atoms with Crippen molar-refractivity contribution in [1.29, 1.82) is 0 Å². The SMILES string of the molecule is Cc1ccc(N2C(=O)[C@@H]3C4c5ccccc5C(/C=N\NC(=O)c5ccncc5)(c5ccccc54)[C@@H]3C2=O)c([N+](=O)[O-])c1. The van der Waals surface area contributed by atoms with Crippen molar-refractivity contribution in [2.24, 2.45) is 16.9 Å². The number of imide groups is 1. The highest BCUT2D eigenvalue weighted by molar-refractivity contribution is 6.25. The van der Waals surface area contributed by atoms with Gasteiger partial charge in [0.05, 0.1) is 22.2 Å². The number of aromatic nitrogens is 1. The molecule has 3 aliphatic carbocycles. The predicted octanol–water partition coefficient (Wildman–Crippen LogP) is 4.26. The molecule has 3 amide bonds. The Morgan fingerprint density at radius 2 is 1.62 bits per heavy atom. The van der Waals surface area contributed by atoms with Crippen LogP contribution in [0.25, 0.3) is 0 Å². The van der Waals surface area contributed by atoms with Crippen molar-refractivity contribution in [1.82, 2.24) is 10.4 Å². The smallest absolute Gasteiger partial charge is 0.274 e. The molecule has 4 aliphatic rings. The fourth-order valence-corrected chi connectivity index (χ4v) is 7.02. The van der Waals surface area contributed by atoms with E-state index in [1.165, 1.54) is 24.5 Å². The van der Waals surface area contributed by atoms with Gasteiger partial charge < -0.3 is 0 Å². The molecule has 206 valence electrons. The standard InChI is InChI=1S/C32H23N5O5/c1-18-10-11-24(25(16-18)37(41)42)36-30(39)27-26-20-6-2-4-8-22(20)32(28(27)31(36)40,23-9-5-3-7-21(23)26)17-34-35-29(38)19-12-14-33-15-13-19/h2-17,26-28H,1H3,(H,35,38)/b34-17-/t26?,27-,28+,32?/m1/s1. The number of hydrogen-bond acceptors (Lipinski definition) is 7. The molecule has 1 aliphatic heterocycles. The number of benzene rings is 3. The zero-order valence-corrected chi connectivity index (χ0v) is 22.3. The van der Waals surface area contributed by atoms with Crippen LogP contribution in [0.3, 0.4) is 0 Å². The van der Waals surface area contributed by atoms with E-state index in [0.717, 1.165) is 27.2 Å². The maximum Gasteiger partial charge on any atom is 0.293 e. The number of hydrazone groups is 1. The van der Waals surface area contributed by atoms with E-state index in [-0.39, 0.29) is 11.4 Å². The number of aryl methyl sites for hydroxylation is 1. The largest absolute Gasteiger partial charge is 0.293 e. The Labute approximate surface area is 239 Å². The minimum absolute atomic E-state index is 0.0550. The minimum atomic E-state index is -1.22. The molecule has 3 aromatic carbocycles. The van der Waals surface area contributed by atoms with Crippen molar-refractivity contribution >= 4 is 35.3 Å². The molecule has 1 fully saturated rings. The first-order chi connectivity index (χ1) is 20.3. The molecule has 1 N–H and O–H groups in total. The molecule has 2 atom stereocenters. The first-order valence-corrected chi connectivity index (χ1v) is 13.4. The highest BCUT2D eigenvalue weighted by Gasteiger charge is 2.68. The van der Waals surface area contributed by atoms with Crippen LogP contribution < -0.4 is 10.3 Å². The lowest BCUT2D eigenvalue weighted by atomic mass is 9.47. The van der Waals surface area contributed by atoms with Crippen molar-refractivity contribution < 1.29 is 19.3 Å². The fourth-order valence-electron chi connectivity index (χ4n) is 7.02. The molecule has 0 radical (unpaired) electrons. The Morgan fingerprint density at radius 1 is 0.976 bits per heavy atom. The van der Waals surface area contributed by atoms with Gasteiger partial charge in [-0.15, -0.1) is 0 Å². The Balaban J connectivity index is 1.42. The van der Waals surface area contributed by atoms with Crippen LogP contribution in [0.4, 0.5) is 11.4 Å². The third-order valence-electron chi connectivity index (χ3n) is 8.63. The number of amides is 3. The number of carbonyl (C=O) groups excluding carboxylic acids is 3. The lowest BCUT2D eigenvalue weighted by Crippen LogP contribution is -2.54. The molecular formula is C32H23N5O5. The first kappa shape index (κ1) is 25.5. The van der Waals surface area contributed by atoms with Crippen LogP contribution >= 0.6 is 0 Å². The molecule has 1 aromatic heterocycles. The van der Waals surface area contributed by atoms with Crippen LogP contribution in [-0.2, 0) is 15.0 Å². The van der Waals surface area contributed by atoms with Crippen molar-refractivity contribution in [3.63, 3.8) is 0 Å². The van der Waals surface area contributed by atoms with Crippen LogP contribution in [0, 0.1) is 28.9 Å². The zero-order valence-electron chi connectivity index (χ0n) is 22.3. The molecule has 8 rings (SSSR count). The predicted molar refractivity (Wildman–Crippen MR) is 153 cm³/mol. The van der Waals surface area contributed by atoms with Crippen molar-refractivity contribution in [2.45, 2.75) is 18.3 Å². The van der Waals surface area contributed by atoms with E-state index in [9.17, 15) is 24.5 Å². The van der Waals surface area contributed by atoms with Gasteiger partial charge in [-0.1, -0.05) is 54.6 Å². The third kappa shape index (κ3) is 3.41. The van der Waals surface area contributed by atoms with Gasteiger partial charge in [0, 0.05) is 36.2 Å². The van der Waals surface area contributed by atoms with Gasteiger partial charge in [-0.2, -0.15) is 5.10 Å². The van der Waals surface area contributed by atoms with Gasteiger partial charge in [0.2, 0.25) is 11.8 Å². The molecule has 2 bridgehead atoms. The molecule has 10 heteroatoms. The van der Waals surface area contributed by atoms with Crippen LogP contribution in [0.1, 0.15) is 44.1 Å². The number of nitrogens with one attached hydrogen (secondary N) is 1. The molecule has 4 aromatic rings. The summed E-state index contributed by atoms with van der Waals surface area (Å²) in [6.07, 6.45) is 4.55. The number of anilines is 1. The molecule has 0 unspecified atom stereocenters. The van der Waals surface area contributed by atoms with E-state index >= 15 is 0 Å². The number of pyridine rings is 1. The van der Waals surface area contributed by atoms with Crippen LogP contribution in [0.5, 0.6) is 0 Å². The van der Waals surface area contributed by atoms with Crippen LogP contribution in [0.15, 0.2) is 96.4 Å². The van der Waals surface area contributed by atoms with Gasteiger partial charge in [-0.25, -0.2) is 10.3 Å². The van der Waals surface area contributed by atoms with Gasteiger partial charge in [-0.05, 0) is 52.9 Å². The Kier molecular flexibility index (Phi) is 5.62. The number of nitro groups is 1. The molecule has 10 nitrogen and oxygen atoms in total. The van der Waals surface area contributed by atoms with E-state index in [2.05, 4.69) is 15.5 Å². The van der Waals surface area contributed by atoms with E-state index < -0.39 is 45.8 Å². The summed E-state index contributed by atoms with van der Waals surface area (Å²) in [5.41, 5.74) is 5.33. The third-order valence-corrected chi connectivity index (χ3v) is 8.63. The first-order valence-electron chi connectivity index (χ1n) is 13.4. The van der Waals surface area contributed by atoms with E-state index in [1.54, 1.807) is 31.3 Å². The summed E-state index contributed by atoms with van der Waals surface area (Å²) in [7, 11) is 0. The fraction of sp³-hybridized carbons (Fsp3) is 0.156. The van der Waals surface area contributed by atoms with Crippen molar-refractivity contribution in [3.8, 4) is 0 Å². The maximum absolute atomic E-state index is 14.5. The van der Waals surface area contributed by atoms with E-state index in [1.807, 2.05) is 48.5 Å². The quantitative estimate of drug-likeness (QED) is 0.169.